The van der Waals surface area contributed by atoms with Crippen LogP contribution in [0, 0.1) is 12.8 Å². The lowest BCUT2D eigenvalue weighted by Gasteiger charge is -2.25. The predicted molar refractivity (Wildman–Crippen MR) is 77.4 cm³/mol. The number of nitrogens with one attached hydrogen (secondary N) is 2. The Morgan fingerprint density at radius 1 is 1.21 bits per heavy atom. The maximum atomic E-state index is 8.77. The van der Waals surface area contributed by atoms with Crippen LogP contribution in [0.15, 0.2) is 6.07 Å². The van der Waals surface area contributed by atoms with Crippen molar-refractivity contribution in [1.82, 2.24) is 9.97 Å². The van der Waals surface area contributed by atoms with E-state index >= 15 is 0 Å². The highest BCUT2D eigenvalue weighted by Gasteiger charge is 2.16. The van der Waals surface area contributed by atoms with Crippen LogP contribution in [0.4, 0.5) is 11.6 Å². The monoisotopic (exact) mass is 264 g/mol. The van der Waals surface area contributed by atoms with E-state index < -0.39 is 0 Å². The summed E-state index contributed by atoms with van der Waals surface area (Å²) in [5.41, 5.74) is 0. The molecule has 3 N–H and O–H groups in total. The second-order valence-corrected chi connectivity index (χ2v) is 5.20. The lowest BCUT2D eigenvalue weighted by Crippen LogP contribution is -2.16. The Morgan fingerprint density at radius 3 is 2.47 bits per heavy atom. The van der Waals surface area contributed by atoms with Crippen molar-refractivity contribution < 1.29 is 5.11 Å². The van der Waals surface area contributed by atoms with E-state index in [4.69, 9.17) is 5.11 Å². The molecular weight excluding hydrogens is 240 g/mol. The van der Waals surface area contributed by atoms with Crippen LogP contribution in [0.2, 0.25) is 0 Å². The van der Waals surface area contributed by atoms with Gasteiger partial charge in [-0.2, -0.15) is 0 Å². The number of rotatable bonds is 8. The molecule has 1 aromatic rings. The number of aromatic nitrogens is 2. The largest absolute Gasteiger partial charge is 0.396 e. The summed E-state index contributed by atoms with van der Waals surface area (Å²) in [4.78, 5) is 8.72. The van der Waals surface area contributed by atoms with Gasteiger partial charge in [-0.1, -0.05) is 19.3 Å². The molecule has 0 radical (unpaired) electrons. The number of hydrogen-bond donors (Lipinski definition) is 3. The molecule has 0 unspecified atom stereocenters. The zero-order valence-corrected chi connectivity index (χ0v) is 11.7. The maximum absolute atomic E-state index is 8.77. The van der Waals surface area contributed by atoms with Crippen LogP contribution in [-0.4, -0.2) is 34.8 Å². The van der Waals surface area contributed by atoms with Gasteiger partial charge in [0.05, 0.1) is 0 Å². The Kier molecular flexibility index (Phi) is 5.39. The molecule has 0 aromatic carbocycles. The van der Waals surface area contributed by atoms with Gasteiger partial charge in [-0.15, -0.1) is 0 Å². The summed E-state index contributed by atoms with van der Waals surface area (Å²) in [7, 11) is 0. The van der Waals surface area contributed by atoms with E-state index in [1.165, 1.54) is 25.7 Å². The second kappa shape index (κ2) is 7.28. The third-order valence-corrected chi connectivity index (χ3v) is 3.56. The molecule has 19 heavy (non-hydrogen) atoms. The summed E-state index contributed by atoms with van der Waals surface area (Å²) in [6.07, 6.45) is 6.14. The van der Waals surface area contributed by atoms with Gasteiger partial charge in [0, 0.05) is 25.8 Å². The summed E-state index contributed by atoms with van der Waals surface area (Å²) >= 11 is 0. The van der Waals surface area contributed by atoms with Crippen molar-refractivity contribution in [1.29, 1.82) is 0 Å². The molecule has 0 spiro atoms. The van der Waals surface area contributed by atoms with Gasteiger partial charge in [-0.25, -0.2) is 9.97 Å². The number of aryl methyl sites for hydroxylation is 1. The van der Waals surface area contributed by atoms with Crippen molar-refractivity contribution in [2.75, 3.05) is 30.3 Å². The molecule has 106 valence electrons. The Labute approximate surface area is 114 Å². The normalized spacial score (nSPS) is 15.1. The summed E-state index contributed by atoms with van der Waals surface area (Å²) in [6.45, 7) is 3.81. The Balaban J connectivity index is 1.80. The molecular formula is C14H24N4O. The molecule has 0 atom stereocenters. The SMILES string of the molecule is Cc1nc(NCCCO)cc(NCCC2CCC2)n1. The molecule has 1 aliphatic rings. The molecule has 1 aromatic heterocycles. The van der Waals surface area contributed by atoms with E-state index in [-0.39, 0.29) is 6.61 Å². The quantitative estimate of drug-likeness (QED) is 0.628. The Bertz CT molecular complexity index is 393. The van der Waals surface area contributed by atoms with Gasteiger partial charge in [0.1, 0.15) is 17.5 Å². The fourth-order valence-electron chi connectivity index (χ4n) is 2.23. The van der Waals surface area contributed by atoms with Crippen LogP contribution < -0.4 is 10.6 Å². The highest BCUT2D eigenvalue weighted by molar-refractivity contribution is 5.47. The summed E-state index contributed by atoms with van der Waals surface area (Å²) in [5, 5.41) is 15.3. The van der Waals surface area contributed by atoms with E-state index in [9.17, 15) is 0 Å². The van der Waals surface area contributed by atoms with Crippen molar-refractivity contribution in [3.05, 3.63) is 11.9 Å². The van der Waals surface area contributed by atoms with Crippen LogP contribution in [-0.2, 0) is 0 Å². The van der Waals surface area contributed by atoms with Gasteiger partial charge in [-0.3, -0.25) is 0 Å². The van der Waals surface area contributed by atoms with Gasteiger partial charge in [0.2, 0.25) is 0 Å². The van der Waals surface area contributed by atoms with E-state index in [1.54, 1.807) is 0 Å². The zero-order valence-electron chi connectivity index (χ0n) is 11.7. The number of aliphatic hydroxyl groups is 1. The zero-order chi connectivity index (χ0) is 13.5. The van der Waals surface area contributed by atoms with E-state index in [1.807, 2.05) is 13.0 Å². The summed E-state index contributed by atoms with van der Waals surface area (Å²) in [6, 6.07) is 1.94. The Morgan fingerprint density at radius 2 is 1.89 bits per heavy atom. The molecule has 1 aliphatic carbocycles. The van der Waals surface area contributed by atoms with Crippen LogP contribution in [0.1, 0.15) is 37.9 Å². The van der Waals surface area contributed by atoms with Gasteiger partial charge in [0.15, 0.2) is 0 Å². The molecule has 2 rings (SSSR count). The van der Waals surface area contributed by atoms with Crippen LogP contribution >= 0.6 is 0 Å². The third-order valence-electron chi connectivity index (χ3n) is 3.56. The summed E-state index contributed by atoms with van der Waals surface area (Å²) < 4.78 is 0. The van der Waals surface area contributed by atoms with Crippen LogP contribution in [0.3, 0.4) is 0 Å². The first-order chi connectivity index (χ1) is 9.28. The number of aliphatic hydroxyl groups excluding tert-OH is 1. The molecule has 0 bridgehead atoms. The van der Waals surface area contributed by atoms with Crippen molar-refractivity contribution in [2.24, 2.45) is 5.92 Å². The van der Waals surface area contributed by atoms with Crippen molar-refractivity contribution in [3.63, 3.8) is 0 Å². The first-order valence-electron chi connectivity index (χ1n) is 7.22. The Hall–Kier alpha value is -1.36. The standard InChI is InChI=1S/C14H24N4O/c1-11-17-13(15-7-3-9-19)10-14(18-11)16-8-6-12-4-2-5-12/h10,12,19H,2-9H2,1H3,(H2,15,16,17,18). The number of nitrogens with zero attached hydrogens (tertiary/aromatic N) is 2. The average Bonchev–Trinajstić information content (AvgIpc) is 2.32. The molecule has 1 saturated carbocycles. The molecule has 1 heterocycles. The van der Waals surface area contributed by atoms with E-state index in [0.717, 1.165) is 42.9 Å². The minimum absolute atomic E-state index is 0.198. The lowest BCUT2D eigenvalue weighted by atomic mass is 9.83. The highest BCUT2D eigenvalue weighted by Crippen LogP contribution is 2.29. The van der Waals surface area contributed by atoms with Gasteiger partial charge in [0.25, 0.3) is 0 Å². The highest BCUT2D eigenvalue weighted by atomic mass is 16.3. The van der Waals surface area contributed by atoms with E-state index in [0.29, 0.717) is 0 Å². The van der Waals surface area contributed by atoms with Crippen molar-refractivity contribution >= 4 is 11.6 Å². The van der Waals surface area contributed by atoms with Gasteiger partial charge in [-0.05, 0) is 25.7 Å². The minimum atomic E-state index is 0.198. The van der Waals surface area contributed by atoms with E-state index in [2.05, 4.69) is 20.6 Å². The van der Waals surface area contributed by atoms with Crippen LogP contribution in [0.25, 0.3) is 0 Å². The van der Waals surface area contributed by atoms with Crippen molar-refractivity contribution in [2.45, 2.75) is 39.0 Å². The third kappa shape index (κ3) is 4.67. The lowest BCUT2D eigenvalue weighted by molar-refractivity contribution is 0.292. The maximum Gasteiger partial charge on any atom is 0.131 e. The van der Waals surface area contributed by atoms with Crippen LogP contribution in [0.5, 0.6) is 0 Å². The summed E-state index contributed by atoms with van der Waals surface area (Å²) in [5.74, 6) is 3.39. The average molecular weight is 264 g/mol. The molecule has 0 saturated heterocycles. The predicted octanol–water partition coefficient (Wildman–Crippen LogP) is 2.18. The fraction of sp³-hybridized carbons (Fsp3) is 0.714. The van der Waals surface area contributed by atoms with Gasteiger partial charge >= 0.3 is 0 Å². The molecule has 0 aliphatic heterocycles. The van der Waals surface area contributed by atoms with Crippen molar-refractivity contribution in [3.8, 4) is 0 Å². The first-order valence-corrected chi connectivity index (χ1v) is 7.22. The molecule has 1 fully saturated rings. The first kappa shape index (κ1) is 14.1. The number of hydrogen-bond acceptors (Lipinski definition) is 5. The minimum Gasteiger partial charge on any atom is -0.396 e. The van der Waals surface area contributed by atoms with Gasteiger partial charge < -0.3 is 15.7 Å². The molecule has 5 nitrogen and oxygen atoms in total. The topological polar surface area (TPSA) is 70.1 Å². The fourth-order valence-corrected chi connectivity index (χ4v) is 2.23. The molecule has 0 amide bonds. The number of anilines is 2. The molecule has 5 heteroatoms. The smallest absolute Gasteiger partial charge is 0.131 e. The second-order valence-electron chi connectivity index (χ2n) is 5.20.